The van der Waals surface area contributed by atoms with Crippen LogP contribution in [0.25, 0.3) is 0 Å². The Bertz CT molecular complexity index is 835. The predicted octanol–water partition coefficient (Wildman–Crippen LogP) is 0.614. The van der Waals surface area contributed by atoms with Crippen LogP contribution in [0.1, 0.15) is 19.3 Å². The van der Waals surface area contributed by atoms with Crippen LogP contribution in [0, 0.1) is 0 Å². The molecule has 2 aliphatic heterocycles. The van der Waals surface area contributed by atoms with Crippen molar-refractivity contribution in [3.8, 4) is 5.75 Å². The molecule has 2 aliphatic rings. The number of benzene rings is 1. The van der Waals surface area contributed by atoms with E-state index in [0.717, 1.165) is 25.5 Å². The molecule has 1 aromatic carbocycles. The Kier molecular flexibility index (Phi) is 4.63. The Hall–Kier alpha value is -1.16. The molecule has 2 heterocycles. The molecule has 9 heteroatoms. The van der Waals surface area contributed by atoms with Gasteiger partial charge in [0.2, 0.25) is 10.0 Å². The molecule has 2 bridgehead atoms. The van der Waals surface area contributed by atoms with E-state index in [2.05, 4.69) is 5.32 Å². The van der Waals surface area contributed by atoms with Crippen molar-refractivity contribution in [1.82, 2.24) is 9.62 Å². The van der Waals surface area contributed by atoms with E-state index in [1.807, 2.05) is 0 Å². The predicted molar refractivity (Wildman–Crippen MR) is 89.4 cm³/mol. The summed E-state index contributed by atoms with van der Waals surface area (Å²) in [4.78, 5) is -0.123. The van der Waals surface area contributed by atoms with Crippen molar-refractivity contribution in [1.29, 1.82) is 0 Å². The maximum atomic E-state index is 13.1. The highest BCUT2D eigenvalue weighted by Crippen LogP contribution is 2.31. The first-order valence-electron chi connectivity index (χ1n) is 7.86. The van der Waals surface area contributed by atoms with Crippen LogP contribution in [-0.2, 0) is 19.9 Å². The Morgan fingerprint density at radius 1 is 1.12 bits per heavy atom. The SMILES string of the molecule is COc1ccc(S(C)(=O)=O)cc1S(=O)(=O)N1CCC2CCC(C1)N2. The van der Waals surface area contributed by atoms with Gasteiger partial charge in [-0.3, -0.25) is 0 Å². The summed E-state index contributed by atoms with van der Waals surface area (Å²) >= 11 is 0. The van der Waals surface area contributed by atoms with Crippen LogP contribution in [0.3, 0.4) is 0 Å². The van der Waals surface area contributed by atoms with Gasteiger partial charge in [0.15, 0.2) is 9.84 Å². The van der Waals surface area contributed by atoms with Gasteiger partial charge in [0.1, 0.15) is 10.6 Å². The number of hydrogen-bond donors (Lipinski definition) is 1. The van der Waals surface area contributed by atoms with E-state index in [4.69, 9.17) is 4.74 Å². The molecule has 0 aromatic heterocycles. The molecule has 1 aromatic rings. The molecule has 0 aliphatic carbocycles. The molecule has 134 valence electrons. The van der Waals surface area contributed by atoms with Crippen molar-refractivity contribution in [2.45, 2.75) is 41.1 Å². The van der Waals surface area contributed by atoms with Crippen molar-refractivity contribution in [3.63, 3.8) is 0 Å². The molecule has 2 saturated heterocycles. The van der Waals surface area contributed by atoms with E-state index in [9.17, 15) is 16.8 Å². The second-order valence-electron chi connectivity index (χ2n) is 6.37. The number of sulfone groups is 1. The Labute approximate surface area is 143 Å². The fourth-order valence-corrected chi connectivity index (χ4v) is 5.76. The number of hydrogen-bond acceptors (Lipinski definition) is 6. The van der Waals surface area contributed by atoms with Crippen LogP contribution in [0.15, 0.2) is 28.0 Å². The zero-order chi connectivity index (χ0) is 17.5. The third kappa shape index (κ3) is 3.30. The molecule has 0 radical (unpaired) electrons. The molecule has 24 heavy (non-hydrogen) atoms. The molecular weight excluding hydrogens is 352 g/mol. The number of methoxy groups -OCH3 is 1. The Morgan fingerprint density at radius 3 is 2.50 bits per heavy atom. The third-order valence-electron chi connectivity index (χ3n) is 4.67. The maximum Gasteiger partial charge on any atom is 0.246 e. The minimum atomic E-state index is -3.83. The second kappa shape index (κ2) is 6.29. The maximum absolute atomic E-state index is 13.1. The van der Waals surface area contributed by atoms with Crippen molar-refractivity contribution in [2.75, 3.05) is 26.5 Å². The number of sulfonamides is 1. The third-order valence-corrected chi connectivity index (χ3v) is 7.66. The van der Waals surface area contributed by atoms with E-state index in [1.54, 1.807) is 0 Å². The van der Waals surface area contributed by atoms with Gasteiger partial charge in [-0.05, 0) is 37.5 Å². The highest BCUT2D eigenvalue weighted by molar-refractivity contribution is 7.91. The summed E-state index contributed by atoms with van der Waals surface area (Å²) in [6, 6.07) is 4.46. The van der Waals surface area contributed by atoms with Crippen LogP contribution in [0.4, 0.5) is 0 Å². The molecule has 2 fully saturated rings. The molecule has 1 N–H and O–H groups in total. The average molecular weight is 374 g/mol. The van der Waals surface area contributed by atoms with Gasteiger partial charge in [-0.25, -0.2) is 16.8 Å². The first kappa shape index (κ1) is 17.7. The van der Waals surface area contributed by atoms with Crippen LogP contribution >= 0.6 is 0 Å². The molecule has 0 amide bonds. The van der Waals surface area contributed by atoms with Gasteiger partial charge in [0.25, 0.3) is 0 Å². The quantitative estimate of drug-likeness (QED) is 0.830. The monoisotopic (exact) mass is 374 g/mol. The van der Waals surface area contributed by atoms with Gasteiger partial charge < -0.3 is 10.1 Å². The summed E-state index contributed by atoms with van der Waals surface area (Å²) in [7, 11) is -5.96. The summed E-state index contributed by atoms with van der Waals surface area (Å²) in [5, 5.41) is 3.44. The van der Waals surface area contributed by atoms with Gasteiger partial charge in [-0.2, -0.15) is 4.31 Å². The van der Waals surface area contributed by atoms with Crippen molar-refractivity contribution < 1.29 is 21.6 Å². The Morgan fingerprint density at radius 2 is 1.83 bits per heavy atom. The molecular formula is C15H22N2O5S2. The van der Waals surface area contributed by atoms with E-state index in [0.29, 0.717) is 19.1 Å². The number of rotatable bonds is 4. The highest BCUT2D eigenvalue weighted by Gasteiger charge is 2.36. The Balaban J connectivity index is 2.02. The molecule has 2 unspecified atom stereocenters. The summed E-state index contributed by atoms with van der Waals surface area (Å²) in [5.41, 5.74) is 0. The lowest BCUT2D eigenvalue weighted by Crippen LogP contribution is -2.39. The van der Waals surface area contributed by atoms with Crippen molar-refractivity contribution >= 4 is 19.9 Å². The van der Waals surface area contributed by atoms with Gasteiger partial charge in [0, 0.05) is 31.4 Å². The van der Waals surface area contributed by atoms with Gasteiger partial charge >= 0.3 is 0 Å². The normalized spacial score (nSPS) is 25.4. The lowest BCUT2D eigenvalue weighted by atomic mass is 10.1. The number of fused-ring (bicyclic) bond motifs is 2. The topological polar surface area (TPSA) is 92.8 Å². The fraction of sp³-hybridized carbons (Fsp3) is 0.600. The molecule has 3 rings (SSSR count). The number of ether oxygens (including phenoxy) is 1. The first-order chi connectivity index (χ1) is 11.2. The van der Waals surface area contributed by atoms with E-state index < -0.39 is 19.9 Å². The zero-order valence-electron chi connectivity index (χ0n) is 13.7. The van der Waals surface area contributed by atoms with Crippen LogP contribution in [-0.4, -0.2) is 59.7 Å². The minimum Gasteiger partial charge on any atom is -0.495 e. The zero-order valence-corrected chi connectivity index (χ0v) is 15.4. The van der Waals surface area contributed by atoms with Crippen LogP contribution in [0.2, 0.25) is 0 Å². The lowest BCUT2D eigenvalue weighted by molar-refractivity contribution is 0.373. The standard InChI is InChI=1S/C15H22N2O5S2/c1-22-14-6-5-13(23(2,18)19)9-15(14)24(20,21)17-8-7-11-3-4-12(10-17)16-11/h5-6,9,11-12,16H,3-4,7-8,10H2,1-2H3. The van der Waals surface area contributed by atoms with E-state index >= 15 is 0 Å². The van der Waals surface area contributed by atoms with Crippen LogP contribution in [0.5, 0.6) is 5.75 Å². The lowest BCUT2D eigenvalue weighted by Gasteiger charge is -2.24. The van der Waals surface area contributed by atoms with Gasteiger partial charge in [-0.1, -0.05) is 0 Å². The van der Waals surface area contributed by atoms with E-state index in [1.165, 1.54) is 29.6 Å². The van der Waals surface area contributed by atoms with Crippen molar-refractivity contribution in [3.05, 3.63) is 18.2 Å². The first-order valence-corrected chi connectivity index (χ1v) is 11.2. The number of nitrogens with zero attached hydrogens (tertiary/aromatic N) is 1. The second-order valence-corrected chi connectivity index (χ2v) is 10.3. The van der Waals surface area contributed by atoms with E-state index in [-0.39, 0.29) is 21.6 Å². The molecule has 2 atom stereocenters. The smallest absolute Gasteiger partial charge is 0.246 e. The van der Waals surface area contributed by atoms with Crippen molar-refractivity contribution in [2.24, 2.45) is 0 Å². The number of nitrogens with one attached hydrogen (secondary N) is 1. The molecule has 0 saturated carbocycles. The largest absolute Gasteiger partial charge is 0.495 e. The summed E-state index contributed by atoms with van der Waals surface area (Å²) in [6.07, 6.45) is 3.84. The average Bonchev–Trinajstić information content (AvgIpc) is 2.84. The summed E-state index contributed by atoms with van der Waals surface area (Å²) in [5.74, 6) is 0.157. The highest BCUT2D eigenvalue weighted by atomic mass is 32.2. The van der Waals surface area contributed by atoms with Crippen LogP contribution < -0.4 is 10.1 Å². The molecule has 7 nitrogen and oxygen atoms in total. The summed E-state index contributed by atoms with van der Waals surface area (Å²) in [6.45, 7) is 0.813. The minimum absolute atomic E-state index is 0.0312. The van der Waals surface area contributed by atoms with Gasteiger partial charge in [-0.15, -0.1) is 0 Å². The van der Waals surface area contributed by atoms with Gasteiger partial charge in [0.05, 0.1) is 12.0 Å². The fourth-order valence-electron chi connectivity index (χ4n) is 3.36. The molecule has 0 spiro atoms. The summed E-state index contributed by atoms with van der Waals surface area (Å²) < 4.78 is 56.4.